The third-order valence-electron chi connectivity index (χ3n) is 5.00. The Morgan fingerprint density at radius 3 is 2.53 bits per heavy atom. The van der Waals surface area contributed by atoms with Crippen LogP contribution in [0.1, 0.15) is 65.2 Å². The van der Waals surface area contributed by atoms with Crippen molar-refractivity contribution in [2.75, 3.05) is 11.0 Å². The van der Waals surface area contributed by atoms with Crippen molar-refractivity contribution >= 4 is 27.4 Å². The smallest absolute Gasteiger partial charge is 0.261 e. The fourth-order valence-corrected chi connectivity index (χ4v) is 4.19. The zero-order valence-corrected chi connectivity index (χ0v) is 18.1. The van der Waals surface area contributed by atoms with Gasteiger partial charge in [0.2, 0.25) is 10.0 Å². The molecular weight excluding hydrogens is 406 g/mol. The minimum Gasteiger partial charge on any atom is -0.345 e. The molecule has 30 heavy (non-hydrogen) atoms. The van der Waals surface area contributed by atoms with E-state index in [-0.39, 0.29) is 16.8 Å². The van der Waals surface area contributed by atoms with E-state index in [1.54, 1.807) is 31.2 Å². The predicted molar refractivity (Wildman–Crippen MR) is 114 cm³/mol. The maximum Gasteiger partial charge on any atom is 0.261 e. The molecule has 2 aromatic rings. The van der Waals surface area contributed by atoms with Crippen molar-refractivity contribution in [3.8, 4) is 0 Å². The number of hydrogen-bond donors (Lipinski definition) is 3. The second-order valence-corrected chi connectivity index (χ2v) is 10.3. The largest absolute Gasteiger partial charge is 0.345 e. The van der Waals surface area contributed by atoms with E-state index in [0.29, 0.717) is 35.3 Å². The monoisotopic (exact) mass is 431 g/mol. The van der Waals surface area contributed by atoms with Crippen LogP contribution in [0.25, 0.3) is 0 Å². The molecule has 1 aromatic carbocycles. The minimum atomic E-state index is -3.43. The van der Waals surface area contributed by atoms with E-state index in [2.05, 4.69) is 15.0 Å². The number of pyridine rings is 1. The lowest BCUT2D eigenvalue weighted by Gasteiger charge is -2.29. The molecule has 1 unspecified atom stereocenters. The van der Waals surface area contributed by atoms with Crippen LogP contribution >= 0.6 is 0 Å². The third-order valence-corrected chi connectivity index (χ3v) is 5.61. The Morgan fingerprint density at radius 2 is 1.87 bits per heavy atom. The van der Waals surface area contributed by atoms with Gasteiger partial charge in [0.1, 0.15) is 5.56 Å². The molecule has 0 bridgehead atoms. The van der Waals surface area contributed by atoms with Gasteiger partial charge in [-0.15, -0.1) is 0 Å². The van der Waals surface area contributed by atoms with Crippen molar-refractivity contribution in [3.05, 3.63) is 63.1 Å². The van der Waals surface area contributed by atoms with Gasteiger partial charge < -0.3 is 10.3 Å². The van der Waals surface area contributed by atoms with E-state index in [4.69, 9.17) is 0 Å². The fourth-order valence-electron chi connectivity index (χ4n) is 3.64. The van der Waals surface area contributed by atoms with Gasteiger partial charge in [0, 0.05) is 23.4 Å². The van der Waals surface area contributed by atoms with Crippen molar-refractivity contribution in [2.45, 2.75) is 39.7 Å². The topological polar surface area (TPSA) is 125 Å². The summed E-state index contributed by atoms with van der Waals surface area (Å²) >= 11 is 0. The highest BCUT2D eigenvalue weighted by atomic mass is 32.2. The van der Waals surface area contributed by atoms with Crippen LogP contribution in [0.3, 0.4) is 0 Å². The molecule has 3 rings (SSSR count). The molecule has 0 saturated carbocycles. The van der Waals surface area contributed by atoms with Crippen LogP contribution in [0.4, 0.5) is 5.69 Å². The number of ketones is 1. The van der Waals surface area contributed by atoms with Gasteiger partial charge in [0.15, 0.2) is 5.78 Å². The molecule has 0 radical (unpaired) electrons. The molecule has 160 valence electrons. The molecular formula is C21H25N3O5S. The molecule has 3 N–H and O–H groups in total. The van der Waals surface area contributed by atoms with Gasteiger partial charge >= 0.3 is 0 Å². The Hall–Kier alpha value is -2.94. The number of aromatic amines is 1. The van der Waals surface area contributed by atoms with Crippen LogP contribution in [0.2, 0.25) is 0 Å². The zero-order valence-electron chi connectivity index (χ0n) is 17.3. The van der Waals surface area contributed by atoms with E-state index in [9.17, 15) is 22.8 Å². The van der Waals surface area contributed by atoms with Crippen LogP contribution < -0.4 is 15.6 Å². The number of anilines is 1. The number of rotatable bonds is 5. The Labute approximate surface area is 175 Å². The van der Waals surface area contributed by atoms with Crippen LogP contribution in [-0.2, 0) is 16.4 Å². The first-order chi connectivity index (χ1) is 13.8. The summed E-state index contributed by atoms with van der Waals surface area (Å²) in [5, 5.41) is 2.73. The molecule has 0 saturated heterocycles. The molecule has 1 aliphatic rings. The van der Waals surface area contributed by atoms with Crippen molar-refractivity contribution in [1.82, 2.24) is 10.3 Å². The van der Waals surface area contributed by atoms with E-state index < -0.39 is 27.5 Å². The van der Waals surface area contributed by atoms with E-state index >= 15 is 0 Å². The van der Waals surface area contributed by atoms with E-state index in [1.807, 2.05) is 13.8 Å². The number of Topliss-reactive ketones (excluding diaryl/α,β-unsaturated/α-hetero) is 1. The SMILES string of the molecule is CC(NC(=O)c1cc2c([nH]c1=O)CC(C)(C)CC2=O)c1cccc(NS(C)(=O)=O)c1. The summed E-state index contributed by atoms with van der Waals surface area (Å²) in [5.74, 6) is -0.704. The van der Waals surface area contributed by atoms with Crippen LogP contribution in [0.15, 0.2) is 35.1 Å². The number of fused-ring (bicyclic) bond motifs is 1. The number of aromatic nitrogens is 1. The highest BCUT2D eigenvalue weighted by molar-refractivity contribution is 7.92. The zero-order chi connectivity index (χ0) is 22.3. The molecule has 0 spiro atoms. The fraction of sp³-hybridized carbons (Fsp3) is 0.381. The summed E-state index contributed by atoms with van der Waals surface area (Å²) in [5.41, 5.74) is 1.06. The first-order valence-corrected chi connectivity index (χ1v) is 11.4. The molecule has 1 aliphatic carbocycles. The molecule has 1 aromatic heterocycles. The van der Waals surface area contributed by atoms with Crippen molar-refractivity contribution in [3.63, 3.8) is 0 Å². The Morgan fingerprint density at radius 1 is 1.17 bits per heavy atom. The van der Waals surface area contributed by atoms with Gasteiger partial charge in [-0.2, -0.15) is 0 Å². The van der Waals surface area contributed by atoms with Crippen LogP contribution in [0.5, 0.6) is 0 Å². The normalized spacial score (nSPS) is 16.5. The number of benzene rings is 1. The highest BCUT2D eigenvalue weighted by Crippen LogP contribution is 2.33. The first kappa shape index (κ1) is 21.8. The average Bonchev–Trinajstić information content (AvgIpc) is 2.58. The van der Waals surface area contributed by atoms with Gasteiger partial charge in [0.25, 0.3) is 11.5 Å². The quantitative estimate of drug-likeness (QED) is 0.670. The molecule has 8 nitrogen and oxygen atoms in total. The number of carbonyl (C=O) groups excluding carboxylic acids is 2. The number of amides is 1. The Balaban J connectivity index is 1.83. The maximum absolute atomic E-state index is 12.7. The standard InChI is InChI=1S/C21H25N3O5S/c1-12(13-6-5-7-14(8-13)24-30(4,28)29)22-19(26)16-9-15-17(23-20(16)27)10-21(2,3)11-18(15)25/h5-9,12,24H,10-11H2,1-4H3,(H,22,26)(H,23,27). The minimum absolute atomic E-state index is 0.0980. The van der Waals surface area contributed by atoms with Gasteiger partial charge in [-0.25, -0.2) is 8.42 Å². The van der Waals surface area contributed by atoms with Crippen LogP contribution in [-0.4, -0.2) is 31.3 Å². The summed E-state index contributed by atoms with van der Waals surface area (Å²) in [6, 6.07) is 7.48. The average molecular weight is 432 g/mol. The molecule has 1 atom stereocenters. The van der Waals surface area contributed by atoms with Crippen LogP contribution in [0, 0.1) is 5.41 Å². The van der Waals surface area contributed by atoms with E-state index in [1.165, 1.54) is 6.07 Å². The van der Waals surface area contributed by atoms with Crippen molar-refractivity contribution in [2.24, 2.45) is 5.41 Å². The number of H-pyrrole nitrogens is 1. The molecule has 0 aliphatic heterocycles. The van der Waals surface area contributed by atoms with Gasteiger partial charge in [-0.05, 0) is 42.5 Å². The molecule has 0 fully saturated rings. The third kappa shape index (κ3) is 4.96. The number of sulfonamides is 1. The number of hydrogen-bond acceptors (Lipinski definition) is 5. The van der Waals surface area contributed by atoms with Gasteiger partial charge in [-0.3, -0.25) is 19.1 Å². The summed E-state index contributed by atoms with van der Waals surface area (Å²) in [7, 11) is -3.43. The summed E-state index contributed by atoms with van der Waals surface area (Å²) in [6.07, 6.45) is 1.96. The second kappa shape index (κ2) is 7.71. The highest BCUT2D eigenvalue weighted by Gasteiger charge is 2.32. The molecule has 1 heterocycles. The van der Waals surface area contributed by atoms with Gasteiger partial charge in [0.05, 0.1) is 12.3 Å². The van der Waals surface area contributed by atoms with Crippen molar-refractivity contribution < 1.29 is 18.0 Å². The van der Waals surface area contributed by atoms with Gasteiger partial charge in [-0.1, -0.05) is 26.0 Å². The number of nitrogens with one attached hydrogen (secondary N) is 3. The lowest BCUT2D eigenvalue weighted by molar-refractivity contribution is 0.0910. The maximum atomic E-state index is 12.7. The second-order valence-electron chi connectivity index (χ2n) is 8.54. The first-order valence-electron chi connectivity index (χ1n) is 9.53. The molecule has 9 heteroatoms. The predicted octanol–water partition coefficient (Wildman–Crippen LogP) is 2.39. The summed E-state index contributed by atoms with van der Waals surface area (Å²) in [4.78, 5) is 40.4. The Kier molecular flexibility index (Phi) is 5.60. The van der Waals surface area contributed by atoms with E-state index in [0.717, 1.165) is 6.26 Å². The number of carbonyl (C=O) groups is 2. The lowest BCUT2D eigenvalue weighted by atomic mass is 9.75. The summed E-state index contributed by atoms with van der Waals surface area (Å²) < 4.78 is 25.2. The molecule has 1 amide bonds. The summed E-state index contributed by atoms with van der Waals surface area (Å²) in [6.45, 7) is 5.64. The Bertz CT molecular complexity index is 1180. The lowest BCUT2D eigenvalue weighted by Crippen LogP contribution is -2.35. The van der Waals surface area contributed by atoms with Crippen molar-refractivity contribution in [1.29, 1.82) is 0 Å².